The molecule has 2 heterocycles. The van der Waals surface area contributed by atoms with Gasteiger partial charge in [0.05, 0.1) is 17.8 Å². The number of carbonyl (C=O) groups is 2. The van der Waals surface area contributed by atoms with Crippen LogP contribution in [0.25, 0.3) is 5.69 Å². The molecule has 4 N–H and O–H groups in total. The number of nitrogens with zero attached hydrogens (tertiary/aromatic N) is 2. The Hall–Kier alpha value is -2.83. The first-order valence-corrected chi connectivity index (χ1v) is 6.09. The van der Waals surface area contributed by atoms with Gasteiger partial charge in [0.2, 0.25) is 5.91 Å². The third kappa shape index (κ3) is 1.89. The first kappa shape index (κ1) is 12.2. The Morgan fingerprint density at radius 3 is 3.05 bits per heavy atom. The number of fused-ring (bicyclic) bond motifs is 1. The van der Waals surface area contributed by atoms with Crippen LogP contribution in [0.5, 0.6) is 0 Å². The van der Waals surface area contributed by atoms with E-state index in [9.17, 15) is 9.59 Å². The van der Waals surface area contributed by atoms with Gasteiger partial charge in [-0.05, 0) is 23.8 Å². The van der Waals surface area contributed by atoms with Crippen LogP contribution in [0, 0.1) is 0 Å². The Bertz CT molecular complexity index is 720. The van der Waals surface area contributed by atoms with Gasteiger partial charge in [0, 0.05) is 18.9 Å². The lowest BCUT2D eigenvalue weighted by molar-refractivity contribution is -0.115. The average molecular weight is 271 g/mol. The molecule has 2 aromatic rings. The lowest BCUT2D eigenvalue weighted by Gasteiger charge is -2.08. The molecule has 0 aliphatic carbocycles. The van der Waals surface area contributed by atoms with Gasteiger partial charge >= 0.3 is 0 Å². The summed E-state index contributed by atoms with van der Waals surface area (Å²) in [7, 11) is 1.54. The van der Waals surface area contributed by atoms with Crippen molar-refractivity contribution in [3.8, 4) is 5.69 Å². The van der Waals surface area contributed by atoms with Crippen LogP contribution in [0.2, 0.25) is 0 Å². The number of rotatable bonds is 2. The molecular formula is C13H13N5O2. The number of aromatic nitrogens is 2. The van der Waals surface area contributed by atoms with Crippen LogP contribution in [0.3, 0.4) is 0 Å². The Kier molecular flexibility index (Phi) is 2.67. The highest BCUT2D eigenvalue weighted by molar-refractivity contribution is 6.00. The third-order valence-electron chi connectivity index (χ3n) is 3.17. The smallest absolute Gasteiger partial charge is 0.271 e. The molecule has 0 spiro atoms. The summed E-state index contributed by atoms with van der Waals surface area (Å²) in [6.07, 6.45) is 1.99. The van der Waals surface area contributed by atoms with Crippen LogP contribution in [-0.2, 0) is 11.2 Å². The van der Waals surface area contributed by atoms with Gasteiger partial charge in [-0.15, -0.1) is 0 Å². The number of benzene rings is 1. The van der Waals surface area contributed by atoms with Gasteiger partial charge in [-0.3, -0.25) is 9.59 Å². The van der Waals surface area contributed by atoms with Gasteiger partial charge in [0.15, 0.2) is 5.69 Å². The Morgan fingerprint density at radius 1 is 1.50 bits per heavy atom. The monoisotopic (exact) mass is 271 g/mol. The number of nitrogens with two attached hydrogens (primary N) is 1. The largest absolute Gasteiger partial charge is 0.397 e. The highest BCUT2D eigenvalue weighted by Crippen LogP contribution is 2.30. The van der Waals surface area contributed by atoms with Crippen molar-refractivity contribution in [3.05, 3.63) is 35.7 Å². The van der Waals surface area contributed by atoms with Crippen molar-refractivity contribution in [1.82, 2.24) is 15.1 Å². The number of anilines is 2. The maximum atomic E-state index is 11.5. The topological polar surface area (TPSA) is 102 Å². The van der Waals surface area contributed by atoms with Crippen molar-refractivity contribution in [2.24, 2.45) is 0 Å². The van der Waals surface area contributed by atoms with E-state index in [1.807, 2.05) is 0 Å². The number of amides is 2. The molecule has 0 atom stereocenters. The molecule has 1 aromatic heterocycles. The van der Waals surface area contributed by atoms with E-state index < -0.39 is 0 Å². The normalized spacial score (nSPS) is 12.9. The molecule has 1 aromatic carbocycles. The van der Waals surface area contributed by atoms with Crippen molar-refractivity contribution in [3.63, 3.8) is 0 Å². The quantitative estimate of drug-likeness (QED) is 0.684. The van der Waals surface area contributed by atoms with E-state index in [1.165, 1.54) is 4.68 Å². The predicted molar refractivity (Wildman–Crippen MR) is 73.7 cm³/mol. The first-order chi connectivity index (χ1) is 9.58. The van der Waals surface area contributed by atoms with E-state index in [2.05, 4.69) is 15.7 Å². The second-order valence-electron chi connectivity index (χ2n) is 4.52. The Morgan fingerprint density at radius 2 is 2.30 bits per heavy atom. The second kappa shape index (κ2) is 4.37. The predicted octanol–water partition coefficient (Wildman–Crippen LogP) is 0.309. The molecule has 0 fully saturated rings. The van der Waals surface area contributed by atoms with Crippen molar-refractivity contribution < 1.29 is 9.59 Å². The number of hydrogen-bond donors (Lipinski definition) is 3. The summed E-state index contributed by atoms with van der Waals surface area (Å²) < 4.78 is 1.52. The molecule has 0 saturated carbocycles. The van der Waals surface area contributed by atoms with Gasteiger partial charge in [0.1, 0.15) is 0 Å². The molecule has 102 valence electrons. The summed E-state index contributed by atoms with van der Waals surface area (Å²) in [4.78, 5) is 22.9. The van der Waals surface area contributed by atoms with Gasteiger partial charge in [-0.1, -0.05) is 0 Å². The van der Waals surface area contributed by atoms with Crippen LogP contribution < -0.4 is 16.4 Å². The van der Waals surface area contributed by atoms with E-state index >= 15 is 0 Å². The van der Waals surface area contributed by atoms with Crippen molar-refractivity contribution >= 4 is 23.2 Å². The number of nitrogens with one attached hydrogen (secondary N) is 2. The second-order valence-corrected chi connectivity index (χ2v) is 4.52. The van der Waals surface area contributed by atoms with Crippen LogP contribution in [0.1, 0.15) is 16.1 Å². The van der Waals surface area contributed by atoms with E-state index in [4.69, 9.17) is 5.73 Å². The van der Waals surface area contributed by atoms with E-state index in [0.717, 1.165) is 11.3 Å². The molecule has 1 aliphatic rings. The molecule has 3 rings (SSSR count). The molecule has 20 heavy (non-hydrogen) atoms. The fraction of sp³-hybridized carbons (Fsp3) is 0.154. The fourth-order valence-corrected chi connectivity index (χ4v) is 2.19. The molecule has 0 bridgehead atoms. The number of nitrogen functional groups attached to an aromatic ring is 1. The lowest BCUT2D eigenvalue weighted by atomic mass is 10.1. The Labute approximate surface area is 114 Å². The SMILES string of the molecule is CNC(=O)c1ccn(-c2cc3c(cc2N)CC(=O)N3)n1. The van der Waals surface area contributed by atoms with E-state index in [0.29, 0.717) is 23.5 Å². The number of hydrogen-bond acceptors (Lipinski definition) is 4. The zero-order valence-corrected chi connectivity index (χ0v) is 10.8. The molecule has 0 unspecified atom stereocenters. The van der Waals surface area contributed by atoms with Gasteiger partial charge in [-0.25, -0.2) is 4.68 Å². The minimum atomic E-state index is -0.267. The molecule has 7 heteroatoms. The molecule has 0 radical (unpaired) electrons. The van der Waals surface area contributed by atoms with E-state index in [1.54, 1.807) is 31.4 Å². The summed E-state index contributed by atoms with van der Waals surface area (Å²) in [5, 5.41) is 9.43. The maximum Gasteiger partial charge on any atom is 0.271 e. The minimum Gasteiger partial charge on any atom is -0.397 e. The summed E-state index contributed by atoms with van der Waals surface area (Å²) in [6, 6.07) is 5.12. The summed E-state index contributed by atoms with van der Waals surface area (Å²) in [5.41, 5.74) is 9.03. The zero-order valence-electron chi connectivity index (χ0n) is 10.8. The summed E-state index contributed by atoms with van der Waals surface area (Å²) in [5.74, 6) is -0.320. The van der Waals surface area contributed by atoms with Crippen LogP contribution in [0.4, 0.5) is 11.4 Å². The lowest BCUT2D eigenvalue weighted by Crippen LogP contribution is -2.18. The standard InChI is InChI=1S/C13H13N5O2/c1-15-13(20)9-2-3-18(17-9)11-6-10-7(4-8(11)14)5-12(19)16-10/h2-4,6H,5,14H2,1H3,(H,15,20)(H,16,19). The van der Waals surface area contributed by atoms with E-state index in [-0.39, 0.29) is 11.8 Å². The maximum absolute atomic E-state index is 11.5. The van der Waals surface area contributed by atoms with Crippen molar-refractivity contribution in [2.75, 3.05) is 18.1 Å². The number of carbonyl (C=O) groups excluding carboxylic acids is 2. The van der Waals surface area contributed by atoms with Crippen LogP contribution in [-0.4, -0.2) is 28.6 Å². The first-order valence-electron chi connectivity index (χ1n) is 6.09. The molecule has 1 aliphatic heterocycles. The van der Waals surface area contributed by atoms with Crippen LogP contribution in [0.15, 0.2) is 24.4 Å². The Balaban J connectivity index is 2.03. The van der Waals surface area contributed by atoms with Crippen molar-refractivity contribution in [2.45, 2.75) is 6.42 Å². The third-order valence-corrected chi connectivity index (χ3v) is 3.17. The van der Waals surface area contributed by atoms with Crippen molar-refractivity contribution in [1.29, 1.82) is 0 Å². The molecule has 2 amide bonds. The fourth-order valence-electron chi connectivity index (χ4n) is 2.19. The average Bonchev–Trinajstić information content (AvgIpc) is 3.02. The minimum absolute atomic E-state index is 0.0527. The zero-order chi connectivity index (χ0) is 14.3. The molecular weight excluding hydrogens is 258 g/mol. The highest BCUT2D eigenvalue weighted by atomic mass is 16.2. The van der Waals surface area contributed by atoms with Gasteiger partial charge in [0.25, 0.3) is 5.91 Å². The summed E-state index contributed by atoms with van der Waals surface area (Å²) in [6.45, 7) is 0. The van der Waals surface area contributed by atoms with Gasteiger partial charge in [-0.2, -0.15) is 5.10 Å². The van der Waals surface area contributed by atoms with Crippen LogP contribution >= 0.6 is 0 Å². The highest BCUT2D eigenvalue weighted by Gasteiger charge is 2.20. The summed E-state index contributed by atoms with van der Waals surface area (Å²) >= 11 is 0. The molecule has 0 saturated heterocycles. The molecule has 7 nitrogen and oxygen atoms in total. The van der Waals surface area contributed by atoms with Gasteiger partial charge < -0.3 is 16.4 Å².